The smallest absolute Gasteiger partial charge is 0.158 e. The van der Waals surface area contributed by atoms with Crippen LogP contribution in [0.4, 0.5) is 11.5 Å². The molecule has 1 aliphatic heterocycles. The molecule has 0 spiro atoms. The Morgan fingerprint density at radius 1 is 1.10 bits per heavy atom. The molecule has 0 radical (unpaired) electrons. The van der Waals surface area contributed by atoms with Crippen molar-refractivity contribution in [2.45, 2.75) is 26.2 Å². The number of aryl methyl sites for hydroxylation is 1. The van der Waals surface area contributed by atoms with E-state index in [-0.39, 0.29) is 5.71 Å². The van der Waals surface area contributed by atoms with E-state index in [9.17, 15) is 0 Å². The molecular weight excluding hydrogens is 388 g/mol. The van der Waals surface area contributed by atoms with Gasteiger partial charge in [0, 0.05) is 37.2 Å². The monoisotopic (exact) mass is 412 g/mol. The van der Waals surface area contributed by atoms with Gasteiger partial charge in [0.1, 0.15) is 16.9 Å². The number of nitrogens with zero attached hydrogens (tertiary/aromatic N) is 5. The molecule has 31 heavy (non-hydrogen) atoms. The Balaban J connectivity index is 1.54. The molecule has 8 nitrogen and oxygen atoms in total. The van der Waals surface area contributed by atoms with E-state index < -0.39 is 0 Å². The number of hydrogen-bond donors (Lipinski definition) is 3. The van der Waals surface area contributed by atoms with Crippen molar-refractivity contribution < 1.29 is 0 Å². The Bertz CT molecular complexity index is 1270. The first-order valence-corrected chi connectivity index (χ1v) is 10.5. The van der Waals surface area contributed by atoms with Crippen LogP contribution in [0.3, 0.4) is 0 Å². The van der Waals surface area contributed by atoms with Crippen molar-refractivity contribution in [2.24, 2.45) is 0 Å². The van der Waals surface area contributed by atoms with E-state index in [1.54, 1.807) is 24.7 Å². The summed E-state index contributed by atoms with van der Waals surface area (Å²) in [6.45, 7) is 3.94. The number of nitrogens with one attached hydrogen (secondary N) is 2. The molecule has 0 amide bonds. The van der Waals surface area contributed by atoms with Crippen molar-refractivity contribution in [1.82, 2.24) is 24.9 Å². The van der Waals surface area contributed by atoms with Crippen molar-refractivity contribution in [3.05, 3.63) is 59.9 Å². The number of pyridine rings is 3. The quantitative estimate of drug-likeness (QED) is 0.439. The van der Waals surface area contributed by atoms with Crippen LogP contribution in [0, 0.1) is 12.3 Å². The van der Waals surface area contributed by atoms with E-state index in [2.05, 4.69) is 24.8 Å². The standard InChI is InChI=1S/C23H24N8/c1-14-11-15(13-26-12-14)17-6-5-16(24)20(28-17)19(25)22-29-18-7-8-27-23(21(18)30-22)31-9-3-2-4-10-31/h5-8,11-13,25H,2-4,9-10,24H2,1H3,(H,29,30). The van der Waals surface area contributed by atoms with Gasteiger partial charge in [0.25, 0.3) is 0 Å². The van der Waals surface area contributed by atoms with E-state index in [1.807, 2.05) is 25.1 Å². The van der Waals surface area contributed by atoms with Gasteiger partial charge in [-0.05, 0) is 56.0 Å². The van der Waals surface area contributed by atoms with Crippen LogP contribution in [0.2, 0.25) is 0 Å². The Hall–Kier alpha value is -3.81. The van der Waals surface area contributed by atoms with Gasteiger partial charge in [-0.3, -0.25) is 10.4 Å². The summed E-state index contributed by atoms with van der Waals surface area (Å²) in [4.78, 5) is 23.8. The molecule has 0 aliphatic carbocycles. The number of nitrogens with two attached hydrogens (primary N) is 1. The van der Waals surface area contributed by atoms with E-state index in [0.717, 1.165) is 59.6 Å². The van der Waals surface area contributed by atoms with Gasteiger partial charge >= 0.3 is 0 Å². The minimum absolute atomic E-state index is 0.153. The molecule has 1 aliphatic rings. The summed E-state index contributed by atoms with van der Waals surface area (Å²) in [5, 5.41) is 8.77. The molecule has 156 valence electrons. The fourth-order valence-corrected chi connectivity index (χ4v) is 4.01. The van der Waals surface area contributed by atoms with Gasteiger partial charge in [-0.15, -0.1) is 0 Å². The normalized spacial score (nSPS) is 14.2. The SMILES string of the molecule is Cc1cncc(-c2ccc(N)c(C(=N)c3nc4c(N5CCCCC5)nccc4[nH]3)n2)c1. The average molecular weight is 413 g/mol. The summed E-state index contributed by atoms with van der Waals surface area (Å²) < 4.78 is 0. The molecule has 0 aromatic carbocycles. The number of imidazole rings is 1. The summed E-state index contributed by atoms with van der Waals surface area (Å²) in [6.07, 6.45) is 8.91. The van der Waals surface area contributed by atoms with Gasteiger partial charge in [0.05, 0.1) is 16.9 Å². The summed E-state index contributed by atoms with van der Waals surface area (Å²) in [6, 6.07) is 7.52. The Morgan fingerprint density at radius 2 is 1.94 bits per heavy atom. The highest BCUT2D eigenvalue weighted by molar-refractivity contribution is 6.12. The van der Waals surface area contributed by atoms with E-state index in [0.29, 0.717) is 17.2 Å². The fraction of sp³-hybridized carbons (Fsp3) is 0.261. The molecule has 4 aromatic heterocycles. The number of H-pyrrole nitrogens is 1. The van der Waals surface area contributed by atoms with Crippen LogP contribution in [0.5, 0.6) is 0 Å². The molecule has 1 fully saturated rings. The van der Waals surface area contributed by atoms with Gasteiger partial charge in [-0.2, -0.15) is 0 Å². The van der Waals surface area contributed by atoms with Crippen molar-refractivity contribution >= 4 is 28.3 Å². The van der Waals surface area contributed by atoms with Crippen molar-refractivity contribution in [3.63, 3.8) is 0 Å². The van der Waals surface area contributed by atoms with Crippen molar-refractivity contribution in [2.75, 3.05) is 23.7 Å². The first-order valence-electron chi connectivity index (χ1n) is 10.5. The number of aromatic nitrogens is 5. The number of nitrogen functional groups attached to an aromatic ring is 1. The van der Waals surface area contributed by atoms with Gasteiger partial charge in [0.15, 0.2) is 11.6 Å². The van der Waals surface area contributed by atoms with Gasteiger partial charge in [-0.25, -0.2) is 15.0 Å². The first kappa shape index (κ1) is 19.2. The lowest BCUT2D eigenvalue weighted by molar-refractivity contribution is 0.574. The molecule has 0 saturated carbocycles. The van der Waals surface area contributed by atoms with Crippen LogP contribution in [0.25, 0.3) is 22.3 Å². The Kier molecular flexibility index (Phi) is 4.82. The summed E-state index contributed by atoms with van der Waals surface area (Å²) in [5.41, 5.74) is 11.5. The maximum absolute atomic E-state index is 8.77. The maximum atomic E-state index is 8.77. The lowest BCUT2D eigenvalue weighted by Crippen LogP contribution is -2.30. The number of anilines is 2. The number of hydrogen-bond acceptors (Lipinski definition) is 7. The maximum Gasteiger partial charge on any atom is 0.158 e. The molecule has 0 atom stereocenters. The second-order valence-electron chi connectivity index (χ2n) is 7.92. The molecule has 0 bridgehead atoms. The third-order valence-electron chi connectivity index (χ3n) is 5.61. The predicted octanol–water partition coefficient (Wildman–Crippen LogP) is 3.71. The highest BCUT2D eigenvalue weighted by Crippen LogP contribution is 2.27. The third kappa shape index (κ3) is 3.61. The highest BCUT2D eigenvalue weighted by Gasteiger charge is 2.20. The number of fused-ring (bicyclic) bond motifs is 1. The zero-order chi connectivity index (χ0) is 21.4. The lowest BCUT2D eigenvalue weighted by Gasteiger charge is -2.27. The second kappa shape index (κ2) is 7.79. The van der Waals surface area contributed by atoms with Crippen molar-refractivity contribution in [1.29, 1.82) is 5.41 Å². The molecule has 5 rings (SSSR count). The van der Waals surface area contributed by atoms with E-state index in [4.69, 9.17) is 16.1 Å². The fourth-order valence-electron chi connectivity index (χ4n) is 4.01. The minimum atomic E-state index is 0.153. The van der Waals surface area contributed by atoms with Crippen LogP contribution < -0.4 is 10.6 Å². The van der Waals surface area contributed by atoms with Crippen molar-refractivity contribution in [3.8, 4) is 11.3 Å². The second-order valence-corrected chi connectivity index (χ2v) is 7.92. The van der Waals surface area contributed by atoms with Crippen LogP contribution in [0.15, 0.2) is 42.9 Å². The predicted molar refractivity (Wildman–Crippen MR) is 123 cm³/mol. The lowest BCUT2D eigenvalue weighted by atomic mass is 10.1. The van der Waals surface area contributed by atoms with E-state index in [1.165, 1.54) is 6.42 Å². The summed E-state index contributed by atoms with van der Waals surface area (Å²) >= 11 is 0. The number of rotatable bonds is 4. The Morgan fingerprint density at radius 3 is 2.74 bits per heavy atom. The minimum Gasteiger partial charge on any atom is -0.397 e. The molecule has 8 heteroatoms. The zero-order valence-electron chi connectivity index (χ0n) is 17.4. The van der Waals surface area contributed by atoms with Crippen LogP contribution in [-0.4, -0.2) is 43.7 Å². The van der Waals surface area contributed by atoms with Crippen LogP contribution in [0.1, 0.15) is 36.3 Å². The molecule has 5 heterocycles. The molecule has 4 N–H and O–H groups in total. The first-order chi connectivity index (χ1) is 15.1. The third-order valence-corrected chi connectivity index (χ3v) is 5.61. The Labute approximate surface area is 180 Å². The van der Waals surface area contributed by atoms with Crippen LogP contribution in [-0.2, 0) is 0 Å². The topological polar surface area (TPSA) is 120 Å². The van der Waals surface area contributed by atoms with E-state index >= 15 is 0 Å². The zero-order valence-corrected chi connectivity index (χ0v) is 17.4. The number of piperidine rings is 1. The average Bonchev–Trinajstić information content (AvgIpc) is 3.24. The van der Waals surface area contributed by atoms with Gasteiger partial charge in [-0.1, -0.05) is 0 Å². The molecule has 4 aromatic rings. The highest BCUT2D eigenvalue weighted by atomic mass is 15.2. The van der Waals surface area contributed by atoms with Crippen LogP contribution >= 0.6 is 0 Å². The van der Waals surface area contributed by atoms with Gasteiger partial charge in [0.2, 0.25) is 0 Å². The molecular formula is C23H24N8. The largest absolute Gasteiger partial charge is 0.397 e. The number of aromatic amines is 1. The summed E-state index contributed by atoms with van der Waals surface area (Å²) in [7, 11) is 0. The molecule has 1 saturated heterocycles. The van der Waals surface area contributed by atoms with Gasteiger partial charge < -0.3 is 15.6 Å². The summed E-state index contributed by atoms with van der Waals surface area (Å²) in [5.74, 6) is 1.30. The molecule has 0 unspecified atom stereocenters.